The number of benzene rings is 1. The van der Waals surface area contributed by atoms with Crippen molar-refractivity contribution in [1.29, 1.82) is 0 Å². The highest BCUT2D eigenvalue weighted by atomic mass is 35.5. The first kappa shape index (κ1) is 19.9. The lowest BCUT2D eigenvalue weighted by Crippen LogP contribution is -2.28. The molecule has 150 valence electrons. The van der Waals surface area contributed by atoms with Crippen molar-refractivity contribution >= 4 is 28.8 Å². The summed E-state index contributed by atoms with van der Waals surface area (Å²) in [5.74, 6) is 0.0355. The predicted molar refractivity (Wildman–Crippen MR) is 120 cm³/mol. The van der Waals surface area contributed by atoms with Crippen LogP contribution in [0.2, 0.25) is 5.02 Å². The molecule has 0 atom stereocenters. The highest BCUT2D eigenvalue weighted by Gasteiger charge is 2.13. The number of hydrogen-bond donors (Lipinski definition) is 1. The normalized spacial score (nSPS) is 13.9. The third-order valence-corrected chi connectivity index (χ3v) is 6.28. The molecule has 4 nitrogen and oxygen atoms in total. The number of carbonyl (C=O) groups is 1. The summed E-state index contributed by atoms with van der Waals surface area (Å²) in [7, 11) is 0. The summed E-state index contributed by atoms with van der Waals surface area (Å²) in [6, 6.07) is 11.6. The summed E-state index contributed by atoms with van der Waals surface area (Å²) in [6.45, 7) is 1.01. The van der Waals surface area contributed by atoms with Gasteiger partial charge < -0.3 is 9.88 Å². The number of aromatic nitrogens is 2. The number of amides is 1. The van der Waals surface area contributed by atoms with Gasteiger partial charge in [0.25, 0.3) is 0 Å². The number of thiazole rings is 1. The van der Waals surface area contributed by atoms with Crippen LogP contribution in [0.25, 0.3) is 22.0 Å². The van der Waals surface area contributed by atoms with Gasteiger partial charge in [-0.2, -0.15) is 0 Å². The van der Waals surface area contributed by atoms with Crippen LogP contribution in [0.4, 0.5) is 0 Å². The van der Waals surface area contributed by atoms with Gasteiger partial charge in [-0.25, -0.2) is 4.98 Å². The molecule has 2 heterocycles. The molecule has 0 fully saturated rings. The van der Waals surface area contributed by atoms with Crippen LogP contribution >= 0.6 is 22.9 Å². The zero-order valence-corrected chi connectivity index (χ0v) is 17.8. The number of nitrogens with one attached hydrogen (secondary N) is 1. The lowest BCUT2D eigenvalue weighted by atomic mass is 9.97. The molecule has 3 aromatic rings. The molecule has 0 radical (unpaired) electrons. The molecule has 1 aliphatic carbocycles. The standard InChI is InChI=1S/C23H24ClN3OS/c24-19-10-8-18(9-11-19)20-16-29-23(26-20)21-7-4-14-27(21)15-22(28)25-13-12-17-5-2-1-3-6-17/h4-5,7-11,14,16H,1-3,6,12-13,15H2,(H,25,28). The predicted octanol–water partition coefficient (Wildman–Crippen LogP) is 5.94. The number of allylic oxidation sites excluding steroid dienone is 1. The van der Waals surface area contributed by atoms with Gasteiger partial charge in [-0.3, -0.25) is 4.79 Å². The van der Waals surface area contributed by atoms with E-state index >= 15 is 0 Å². The topological polar surface area (TPSA) is 46.9 Å². The number of halogens is 1. The van der Waals surface area contributed by atoms with Crippen LogP contribution in [0.5, 0.6) is 0 Å². The van der Waals surface area contributed by atoms with Crippen LogP contribution in [0.15, 0.2) is 59.6 Å². The van der Waals surface area contributed by atoms with Gasteiger partial charge in [-0.15, -0.1) is 11.3 Å². The second-order valence-corrected chi connectivity index (χ2v) is 8.57. The van der Waals surface area contributed by atoms with E-state index in [2.05, 4.69) is 11.4 Å². The smallest absolute Gasteiger partial charge is 0.239 e. The van der Waals surface area contributed by atoms with Crippen LogP contribution in [0.3, 0.4) is 0 Å². The molecule has 1 N–H and O–H groups in total. The van der Waals surface area contributed by atoms with E-state index in [1.807, 2.05) is 52.5 Å². The number of rotatable bonds is 7. The summed E-state index contributed by atoms with van der Waals surface area (Å²) in [4.78, 5) is 17.2. The van der Waals surface area contributed by atoms with Gasteiger partial charge in [-0.1, -0.05) is 35.4 Å². The Kier molecular flexibility index (Phi) is 6.47. The van der Waals surface area contributed by atoms with Crippen molar-refractivity contribution in [3.8, 4) is 22.0 Å². The minimum atomic E-state index is 0.0355. The molecule has 0 saturated carbocycles. The molecule has 0 bridgehead atoms. The monoisotopic (exact) mass is 425 g/mol. The third-order valence-electron chi connectivity index (χ3n) is 5.16. The van der Waals surface area contributed by atoms with E-state index in [0.29, 0.717) is 18.1 Å². The van der Waals surface area contributed by atoms with Crippen LogP contribution in [-0.4, -0.2) is 22.0 Å². The third kappa shape index (κ3) is 5.17. The molecule has 1 amide bonds. The minimum absolute atomic E-state index is 0.0355. The van der Waals surface area contributed by atoms with Crippen molar-refractivity contribution in [2.45, 2.75) is 38.6 Å². The molecule has 0 unspecified atom stereocenters. The van der Waals surface area contributed by atoms with Gasteiger partial charge in [0.15, 0.2) is 0 Å². The van der Waals surface area contributed by atoms with Crippen molar-refractivity contribution in [1.82, 2.24) is 14.9 Å². The van der Waals surface area contributed by atoms with Crippen molar-refractivity contribution in [3.05, 3.63) is 64.6 Å². The number of nitrogens with zero attached hydrogens (tertiary/aromatic N) is 2. The molecule has 29 heavy (non-hydrogen) atoms. The molecule has 1 aliphatic rings. The average molecular weight is 426 g/mol. The summed E-state index contributed by atoms with van der Waals surface area (Å²) in [6.07, 6.45) is 10.2. The zero-order valence-electron chi connectivity index (χ0n) is 16.2. The zero-order chi connectivity index (χ0) is 20.1. The molecular formula is C23H24ClN3OS. The Morgan fingerprint density at radius 1 is 1.21 bits per heavy atom. The van der Waals surface area contributed by atoms with E-state index in [-0.39, 0.29) is 5.91 Å². The fourth-order valence-electron chi connectivity index (χ4n) is 3.60. The largest absolute Gasteiger partial charge is 0.354 e. The van der Waals surface area contributed by atoms with E-state index in [0.717, 1.165) is 28.4 Å². The van der Waals surface area contributed by atoms with Gasteiger partial charge >= 0.3 is 0 Å². The van der Waals surface area contributed by atoms with Crippen LogP contribution in [0.1, 0.15) is 32.1 Å². The molecule has 1 aromatic carbocycles. The van der Waals surface area contributed by atoms with Crippen molar-refractivity contribution in [2.75, 3.05) is 6.54 Å². The first-order valence-corrected chi connectivity index (χ1v) is 11.3. The van der Waals surface area contributed by atoms with Gasteiger partial charge in [0.05, 0.1) is 11.4 Å². The van der Waals surface area contributed by atoms with Crippen LogP contribution in [-0.2, 0) is 11.3 Å². The van der Waals surface area contributed by atoms with E-state index in [4.69, 9.17) is 16.6 Å². The van der Waals surface area contributed by atoms with Crippen LogP contribution < -0.4 is 5.32 Å². The van der Waals surface area contributed by atoms with E-state index in [1.165, 1.54) is 31.3 Å². The lowest BCUT2D eigenvalue weighted by molar-refractivity contribution is -0.121. The second-order valence-electron chi connectivity index (χ2n) is 7.27. The summed E-state index contributed by atoms with van der Waals surface area (Å²) < 4.78 is 1.96. The molecular weight excluding hydrogens is 402 g/mol. The number of carbonyl (C=O) groups excluding carboxylic acids is 1. The molecule has 6 heteroatoms. The Balaban J connectivity index is 1.37. The Morgan fingerprint density at radius 2 is 2.07 bits per heavy atom. The average Bonchev–Trinajstić information content (AvgIpc) is 3.39. The second kappa shape index (κ2) is 9.42. The molecule has 2 aromatic heterocycles. The molecule has 0 saturated heterocycles. The van der Waals surface area contributed by atoms with Crippen LogP contribution in [0, 0.1) is 0 Å². The maximum atomic E-state index is 12.4. The Hall–Kier alpha value is -2.37. The van der Waals surface area contributed by atoms with Gasteiger partial charge in [0.2, 0.25) is 5.91 Å². The highest BCUT2D eigenvalue weighted by Crippen LogP contribution is 2.29. The SMILES string of the molecule is O=C(Cn1cccc1-c1nc(-c2ccc(Cl)cc2)cs1)NCCC1=CCCCC1. The summed E-state index contributed by atoms with van der Waals surface area (Å²) in [5.41, 5.74) is 4.39. The maximum Gasteiger partial charge on any atom is 0.239 e. The van der Waals surface area contributed by atoms with E-state index in [9.17, 15) is 4.79 Å². The van der Waals surface area contributed by atoms with E-state index < -0.39 is 0 Å². The van der Waals surface area contributed by atoms with Gasteiger partial charge in [-0.05, 0) is 56.4 Å². The quantitative estimate of drug-likeness (QED) is 0.476. The molecule has 4 rings (SSSR count). The molecule has 0 aliphatic heterocycles. The Morgan fingerprint density at radius 3 is 2.86 bits per heavy atom. The van der Waals surface area contributed by atoms with Crippen molar-refractivity contribution in [2.24, 2.45) is 0 Å². The summed E-state index contributed by atoms with van der Waals surface area (Å²) >= 11 is 7.55. The Bertz CT molecular complexity index is 1000. The first-order valence-electron chi connectivity index (χ1n) is 10.0. The summed E-state index contributed by atoms with van der Waals surface area (Å²) in [5, 5.41) is 6.70. The molecule has 0 spiro atoms. The fourth-order valence-corrected chi connectivity index (χ4v) is 4.59. The highest BCUT2D eigenvalue weighted by molar-refractivity contribution is 7.13. The lowest BCUT2D eigenvalue weighted by Gasteiger charge is -2.13. The minimum Gasteiger partial charge on any atom is -0.354 e. The van der Waals surface area contributed by atoms with Gasteiger partial charge in [0.1, 0.15) is 11.6 Å². The maximum absolute atomic E-state index is 12.4. The van der Waals surface area contributed by atoms with Crippen molar-refractivity contribution < 1.29 is 4.79 Å². The first-order chi connectivity index (χ1) is 14.2. The fraction of sp³-hybridized carbons (Fsp3) is 0.304. The number of hydrogen-bond acceptors (Lipinski definition) is 3. The Labute approximate surface area is 180 Å². The van der Waals surface area contributed by atoms with Gasteiger partial charge in [0, 0.05) is 28.7 Å². The van der Waals surface area contributed by atoms with Crippen molar-refractivity contribution in [3.63, 3.8) is 0 Å². The van der Waals surface area contributed by atoms with E-state index in [1.54, 1.807) is 11.3 Å².